The molecule has 3 aromatic rings. The van der Waals surface area contributed by atoms with Crippen LogP contribution < -0.4 is 15.4 Å². The fourth-order valence-electron chi connectivity index (χ4n) is 4.82. The zero-order valence-electron chi connectivity index (χ0n) is 23.0. The summed E-state index contributed by atoms with van der Waals surface area (Å²) in [5.74, 6) is 0.168. The molecule has 0 bridgehead atoms. The van der Waals surface area contributed by atoms with Gasteiger partial charge in [0.2, 0.25) is 0 Å². The van der Waals surface area contributed by atoms with Gasteiger partial charge in [0.15, 0.2) is 0 Å². The lowest BCUT2D eigenvalue weighted by Crippen LogP contribution is -2.41. The van der Waals surface area contributed by atoms with Crippen molar-refractivity contribution in [2.24, 2.45) is 0 Å². The zero-order chi connectivity index (χ0) is 29.7. The van der Waals surface area contributed by atoms with Crippen molar-refractivity contribution in [1.29, 1.82) is 0 Å². The van der Waals surface area contributed by atoms with Gasteiger partial charge in [0.25, 0.3) is 0 Å². The number of nitrogens with one attached hydrogen (secondary N) is 1. The number of alkyl halides is 3. The summed E-state index contributed by atoms with van der Waals surface area (Å²) in [6.07, 6.45) is 4.06. The van der Waals surface area contributed by atoms with E-state index in [9.17, 15) is 17.6 Å². The molecule has 1 aliphatic heterocycles. The molecule has 0 spiro atoms. The summed E-state index contributed by atoms with van der Waals surface area (Å²) in [4.78, 5) is 4.11. The van der Waals surface area contributed by atoms with E-state index in [1.807, 2.05) is 18.0 Å². The number of halogens is 4. The van der Waals surface area contributed by atoms with Crippen LogP contribution in [0, 0.1) is 5.82 Å². The van der Waals surface area contributed by atoms with Gasteiger partial charge in [0, 0.05) is 58.4 Å². The summed E-state index contributed by atoms with van der Waals surface area (Å²) < 4.78 is 60.6. The molecule has 1 fully saturated rings. The van der Waals surface area contributed by atoms with Crippen LogP contribution in [0.4, 0.5) is 23.2 Å². The summed E-state index contributed by atoms with van der Waals surface area (Å²) in [6.45, 7) is 11.1. The number of pyridine rings is 1. The largest absolute Gasteiger partial charge is 0.495 e. The summed E-state index contributed by atoms with van der Waals surface area (Å²) in [6, 6.07) is 10.4. The highest BCUT2D eigenvalue weighted by atomic mass is 31.0. The number of hydrazine groups is 1. The van der Waals surface area contributed by atoms with Gasteiger partial charge >= 0.3 is 6.18 Å². The van der Waals surface area contributed by atoms with Crippen molar-refractivity contribution in [2.45, 2.75) is 38.5 Å². The van der Waals surface area contributed by atoms with Crippen molar-refractivity contribution in [3.05, 3.63) is 109 Å². The Kier molecular flexibility index (Phi) is 9.51. The first kappa shape index (κ1) is 30.3. The highest BCUT2D eigenvalue weighted by Gasteiger charge is 2.31. The minimum absolute atomic E-state index is 0.00320. The smallest absolute Gasteiger partial charge is 0.416 e. The van der Waals surface area contributed by atoms with Crippen molar-refractivity contribution in [3.63, 3.8) is 0 Å². The molecule has 2 heterocycles. The van der Waals surface area contributed by atoms with E-state index in [4.69, 9.17) is 4.74 Å². The third-order valence-electron chi connectivity index (χ3n) is 7.06. The van der Waals surface area contributed by atoms with Crippen LogP contribution in [0.25, 0.3) is 11.1 Å². The molecular formula is C31H33F4N4OP. The third-order valence-corrected chi connectivity index (χ3v) is 7.51. The topological polar surface area (TPSA) is 40.6 Å². The van der Waals surface area contributed by atoms with Crippen LogP contribution in [0.5, 0.6) is 5.75 Å². The number of benzene rings is 2. The SMILES string of the molecule is C=CN(Cc1cccc(P)c1F)N1CCCC1/C=C(\C)C(=C)Nc1ccc(C(F)(F)F)cc1-c1cncc(OC)c1. The minimum Gasteiger partial charge on any atom is -0.495 e. The molecule has 4 rings (SSSR count). The van der Waals surface area contributed by atoms with Gasteiger partial charge in [-0.2, -0.15) is 13.2 Å². The van der Waals surface area contributed by atoms with Gasteiger partial charge < -0.3 is 15.1 Å². The number of methoxy groups -OCH3 is 1. The maximum absolute atomic E-state index is 14.7. The van der Waals surface area contributed by atoms with E-state index in [0.717, 1.165) is 37.1 Å². The lowest BCUT2D eigenvalue weighted by Gasteiger charge is -2.34. The Hall–Kier alpha value is -3.68. The number of nitrogens with zero attached hydrogens (tertiary/aromatic N) is 3. The molecule has 1 aliphatic rings. The molecule has 5 nitrogen and oxygen atoms in total. The number of ether oxygens (including phenoxy) is 1. The molecule has 1 aromatic heterocycles. The van der Waals surface area contributed by atoms with Crippen LogP contribution in [-0.2, 0) is 12.7 Å². The molecule has 10 heteroatoms. The molecular weight excluding hydrogens is 551 g/mol. The molecule has 0 aliphatic carbocycles. The van der Waals surface area contributed by atoms with Gasteiger partial charge in [0.05, 0.1) is 25.4 Å². The first-order valence-electron chi connectivity index (χ1n) is 13.1. The van der Waals surface area contributed by atoms with E-state index in [2.05, 4.69) is 43.8 Å². The summed E-state index contributed by atoms with van der Waals surface area (Å²) in [7, 11) is 3.88. The number of hydrogen-bond donors (Lipinski definition) is 1. The summed E-state index contributed by atoms with van der Waals surface area (Å²) >= 11 is 0. The second-order valence-electron chi connectivity index (χ2n) is 9.80. The van der Waals surface area contributed by atoms with Crippen molar-refractivity contribution in [3.8, 4) is 16.9 Å². The van der Waals surface area contributed by atoms with Crippen LogP contribution in [0.2, 0.25) is 0 Å². The summed E-state index contributed by atoms with van der Waals surface area (Å²) in [5.41, 5.74) is 2.41. The molecule has 1 saturated heterocycles. The molecule has 0 saturated carbocycles. The minimum atomic E-state index is -4.50. The van der Waals surface area contributed by atoms with Gasteiger partial charge in [-0.1, -0.05) is 37.4 Å². The number of anilines is 1. The van der Waals surface area contributed by atoms with E-state index in [0.29, 0.717) is 45.7 Å². The average Bonchev–Trinajstić information content (AvgIpc) is 3.41. The molecule has 2 aromatic carbocycles. The fraction of sp³-hybridized carbons (Fsp3) is 0.258. The molecule has 2 atom stereocenters. The van der Waals surface area contributed by atoms with E-state index < -0.39 is 11.7 Å². The molecule has 0 amide bonds. The van der Waals surface area contributed by atoms with Gasteiger partial charge in [-0.3, -0.25) is 4.98 Å². The molecule has 1 N–H and O–H groups in total. The lowest BCUT2D eigenvalue weighted by molar-refractivity contribution is -0.137. The lowest BCUT2D eigenvalue weighted by atomic mass is 10.0. The monoisotopic (exact) mass is 584 g/mol. The van der Waals surface area contributed by atoms with Crippen molar-refractivity contribution in [1.82, 2.24) is 15.0 Å². The highest BCUT2D eigenvalue weighted by molar-refractivity contribution is 7.27. The van der Waals surface area contributed by atoms with Crippen LogP contribution in [0.15, 0.2) is 91.6 Å². The second-order valence-corrected chi connectivity index (χ2v) is 10.4. The van der Waals surface area contributed by atoms with Crippen molar-refractivity contribution >= 4 is 20.2 Å². The summed E-state index contributed by atoms with van der Waals surface area (Å²) in [5, 5.41) is 7.78. The predicted octanol–water partition coefficient (Wildman–Crippen LogP) is 7.31. The van der Waals surface area contributed by atoms with Gasteiger partial charge in [-0.05, 0) is 49.6 Å². The quantitative estimate of drug-likeness (QED) is 0.154. The molecule has 216 valence electrons. The predicted molar refractivity (Wildman–Crippen MR) is 159 cm³/mol. The molecule has 0 radical (unpaired) electrons. The Bertz CT molecular complexity index is 1460. The zero-order valence-corrected chi connectivity index (χ0v) is 24.2. The normalized spacial score (nSPS) is 16.0. The van der Waals surface area contributed by atoms with Crippen LogP contribution in [-0.4, -0.2) is 34.7 Å². The van der Waals surface area contributed by atoms with E-state index in [-0.39, 0.29) is 11.9 Å². The van der Waals surface area contributed by atoms with Crippen molar-refractivity contribution in [2.75, 3.05) is 19.0 Å². The van der Waals surface area contributed by atoms with Gasteiger partial charge in [-0.25, -0.2) is 9.40 Å². The van der Waals surface area contributed by atoms with Gasteiger partial charge in [0.1, 0.15) is 11.6 Å². The third kappa shape index (κ3) is 7.16. The fourth-order valence-corrected chi connectivity index (χ4v) is 5.12. The van der Waals surface area contributed by atoms with E-state index in [1.54, 1.807) is 24.4 Å². The number of aromatic nitrogens is 1. The first-order chi connectivity index (χ1) is 19.5. The van der Waals surface area contributed by atoms with E-state index >= 15 is 0 Å². The Balaban J connectivity index is 1.57. The first-order valence-corrected chi connectivity index (χ1v) is 13.6. The Morgan fingerprint density at radius 1 is 1.24 bits per heavy atom. The highest BCUT2D eigenvalue weighted by Crippen LogP contribution is 2.37. The van der Waals surface area contributed by atoms with Crippen LogP contribution >= 0.6 is 9.24 Å². The van der Waals surface area contributed by atoms with Crippen molar-refractivity contribution < 1.29 is 22.3 Å². The number of allylic oxidation sites excluding steroid dienone is 1. The maximum atomic E-state index is 14.7. The Morgan fingerprint density at radius 3 is 2.73 bits per heavy atom. The maximum Gasteiger partial charge on any atom is 0.416 e. The number of rotatable bonds is 10. The average molecular weight is 585 g/mol. The molecule has 2 unspecified atom stereocenters. The Morgan fingerprint density at radius 2 is 2.02 bits per heavy atom. The van der Waals surface area contributed by atoms with E-state index in [1.165, 1.54) is 25.6 Å². The Labute approximate surface area is 240 Å². The number of hydrogen-bond acceptors (Lipinski definition) is 5. The standard InChI is InChI=1S/C31H33F4N4OP/c1-5-38(19-22-8-6-10-29(41)30(22)32)39-13-7-9-25(39)14-20(2)21(3)37-28-12-11-24(31(33,34)35)16-27(28)23-15-26(40-4)18-36-17-23/h5-6,8,10-12,14-18,25,37H,1,3,7,9,13,19,41H2,2,4H3/b20-14+. The molecule has 41 heavy (non-hydrogen) atoms. The second kappa shape index (κ2) is 12.9. The van der Waals surface area contributed by atoms with Crippen LogP contribution in [0.1, 0.15) is 30.9 Å². The van der Waals surface area contributed by atoms with Crippen LogP contribution in [0.3, 0.4) is 0 Å². The van der Waals surface area contributed by atoms with Gasteiger partial charge in [-0.15, -0.1) is 9.24 Å².